The highest BCUT2D eigenvalue weighted by atomic mass is 19.3. The van der Waals surface area contributed by atoms with E-state index in [1.165, 1.54) is 12.3 Å². The molecule has 0 bridgehead atoms. The van der Waals surface area contributed by atoms with Gasteiger partial charge in [0.15, 0.2) is 0 Å². The van der Waals surface area contributed by atoms with Crippen molar-refractivity contribution >= 4 is 0 Å². The molecule has 1 aromatic rings. The maximum absolute atomic E-state index is 13.4. The summed E-state index contributed by atoms with van der Waals surface area (Å²) in [7, 11) is 0. The Balaban J connectivity index is 2.56. The van der Waals surface area contributed by atoms with Crippen LogP contribution >= 0.6 is 0 Å². The van der Waals surface area contributed by atoms with Crippen molar-refractivity contribution < 1.29 is 8.78 Å². The molecule has 78 valence electrons. The molecule has 0 aliphatic carbocycles. The molecule has 14 heavy (non-hydrogen) atoms. The summed E-state index contributed by atoms with van der Waals surface area (Å²) < 4.78 is 26.7. The van der Waals surface area contributed by atoms with Gasteiger partial charge in [0, 0.05) is 6.20 Å². The van der Waals surface area contributed by atoms with Crippen LogP contribution in [0.2, 0.25) is 0 Å². The molecule has 0 fully saturated rings. The van der Waals surface area contributed by atoms with Gasteiger partial charge in [0.1, 0.15) is 5.69 Å². The molecule has 0 amide bonds. The topological polar surface area (TPSA) is 24.9 Å². The second-order valence-corrected chi connectivity index (χ2v) is 3.10. The lowest BCUT2D eigenvalue weighted by atomic mass is 10.2. The fraction of sp³-hybridized carbons (Fsp3) is 0.500. The predicted octanol–water partition coefficient (Wildman–Crippen LogP) is 2.17. The van der Waals surface area contributed by atoms with E-state index in [0.717, 1.165) is 6.42 Å². The summed E-state index contributed by atoms with van der Waals surface area (Å²) >= 11 is 0. The Kier molecular flexibility index (Phi) is 3.95. The highest BCUT2D eigenvalue weighted by Crippen LogP contribution is 2.24. The van der Waals surface area contributed by atoms with E-state index in [1.54, 1.807) is 12.1 Å². The first kappa shape index (κ1) is 11.0. The quantitative estimate of drug-likeness (QED) is 0.737. The van der Waals surface area contributed by atoms with Crippen LogP contribution in [0.3, 0.4) is 0 Å². The first-order valence-electron chi connectivity index (χ1n) is 4.67. The number of halogens is 2. The molecule has 1 heterocycles. The summed E-state index contributed by atoms with van der Waals surface area (Å²) in [5, 5.41) is 2.68. The molecule has 0 spiro atoms. The number of nitrogens with zero attached hydrogens (tertiary/aromatic N) is 1. The fourth-order valence-electron chi connectivity index (χ4n) is 1.09. The average Bonchev–Trinajstić information content (AvgIpc) is 2.19. The van der Waals surface area contributed by atoms with Crippen LogP contribution in [0.25, 0.3) is 0 Å². The van der Waals surface area contributed by atoms with Crippen molar-refractivity contribution in [1.29, 1.82) is 0 Å². The summed E-state index contributed by atoms with van der Waals surface area (Å²) in [6.45, 7) is 2.19. The van der Waals surface area contributed by atoms with Gasteiger partial charge in [-0.1, -0.05) is 13.0 Å². The summed E-state index contributed by atoms with van der Waals surface area (Å²) in [6.07, 6.45) is 2.22. The van der Waals surface area contributed by atoms with Gasteiger partial charge in [-0.05, 0) is 25.1 Å². The lowest BCUT2D eigenvalue weighted by Gasteiger charge is -2.15. The molecule has 4 heteroatoms. The Hall–Kier alpha value is -1.03. The third-order valence-corrected chi connectivity index (χ3v) is 1.81. The molecule has 0 atom stereocenters. The maximum Gasteiger partial charge on any atom is 0.301 e. The molecule has 0 aromatic carbocycles. The van der Waals surface area contributed by atoms with Gasteiger partial charge in [-0.15, -0.1) is 0 Å². The van der Waals surface area contributed by atoms with Gasteiger partial charge in [-0.3, -0.25) is 4.98 Å². The summed E-state index contributed by atoms with van der Waals surface area (Å²) in [5.41, 5.74) is -0.177. The Labute approximate surface area is 82.4 Å². The Bertz CT molecular complexity index is 262. The minimum Gasteiger partial charge on any atom is -0.311 e. The normalized spacial score (nSPS) is 11.6. The smallest absolute Gasteiger partial charge is 0.301 e. The van der Waals surface area contributed by atoms with Crippen LogP contribution in [-0.4, -0.2) is 18.1 Å². The van der Waals surface area contributed by atoms with Gasteiger partial charge >= 0.3 is 5.92 Å². The molecule has 0 aliphatic heterocycles. The lowest BCUT2D eigenvalue weighted by Crippen LogP contribution is -2.31. The molecule has 0 saturated carbocycles. The SMILES string of the molecule is CCCNCC(F)(F)c1ccccn1. The molecule has 1 N–H and O–H groups in total. The Morgan fingerprint density at radius 2 is 2.21 bits per heavy atom. The zero-order valence-corrected chi connectivity index (χ0v) is 8.13. The predicted molar refractivity (Wildman–Crippen MR) is 51.3 cm³/mol. The number of alkyl halides is 2. The largest absolute Gasteiger partial charge is 0.311 e. The summed E-state index contributed by atoms with van der Waals surface area (Å²) in [4.78, 5) is 3.64. The van der Waals surface area contributed by atoms with E-state index in [9.17, 15) is 8.78 Å². The van der Waals surface area contributed by atoms with Gasteiger partial charge in [-0.2, -0.15) is 8.78 Å². The minimum atomic E-state index is -2.88. The third-order valence-electron chi connectivity index (χ3n) is 1.81. The zero-order valence-electron chi connectivity index (χ0n) is 8.13. The van der Waals surface area contributed by atoms with Crippen molar-refractivity contribution in [2.45, 2.75) is 19.3 Å². The number of pyridine rings is 1. The molecule has 0 radical (unpaired) electrons. The zero-order chi connectivity index (χ0) is 10.4. The fourth-order valence-corrected chi connectivity index (χ4v) is 1.09. The van der Waals surface area contributed by atoms with Crippen molar-refractivity contribution in [3.63, 3.8) is 0 Å². The first-order valence-corrected chi connectivity index (χ1v) is 4.67. The van der Waals surface area contributed by atoms with Crippen LogP contribution in [0.15, 0.2) is 24.4 Å². The molecule has 1 rings (SSSR count). The van der Waals surface area contributed by atoms with Gasteiger partial charge in [-0.25, -0.2) is 0 Å². The van der Waals surface area contributed by atoms with Crippen molar-refractivity contribution in [2.24, 2.45) is 0 Å². The number of hydrogen-bond donors (Lipinski definition) is 1. The number of hydrogen-bond acceptors (Lipinski definition) is 2. The van der Waals surface area contributed by atoms with Crippen LogP contribution in [0.1, 0.15) is 19.0 Å². The number of nitrogens with one attached hydrogen (secondary N) is 1. The Morgan fingerprint density at radius 3 is 2.79 bits per heavy atom. The van der Waals surface area contributed by atoms with E-state index in [0.29, 0.717) is 6.54 Å². The van der Waals surface area contributed by atoms with Crippen LogP contribution < -0.4 is 5.32 Å². The van der Waals surface area contributed by atoms with Gasteiger partial charge in [0.05, 0.1) is 6.54 Å². The van der Waals surface area contributed by atoms with Crippen molar-refractivity contribution in [3.8, 4) is 0 Å². The molecule has 0 aliphatic rings. The first-order chi connectivity index (χ1) is 6.67. The van der Waals surface area contributed by atoms with E-state index in [4.69, 9.17) is 0 Å². The molecular weight excluding hydrogens is 186 g/mol. The number of rotatable bonds is 5. The molecular formula is C10H14F2N2. The van der Waals surface area contributed by atoms with E-state index < -0.39 is 5.92 Å². The van der Waals surface area contributed by atoms with E-state index >= 15 is 0 Å². The Morgan fingerprint density at radius 1 is 1.43 bits per heavy atom. The van der Waals surface area contributed by atoms with Crippen LogP contribution in [0.4, 0.5) is 8.78 Å². The highest BCUT2D eigenvalue weighted by molar-refractivity contribution is 5.10. The van der Waals surface area contributed by atoms with Crippen molar-refractivity contribution in [2.75, 3.05) is 13.1 Å². The standard InChI is InChI=1S/C10H14F2N2/c1-2-6-13-8-10(11,12)9-5-3-4-7-14-9/h3-5,7,13H,2,6,8H2,1H3. The van der Waals surface area contributed by atoms with Crippen molar-refractivity contribution in [1.82, 2.24) is 10.3 Å². The van der Waals surface area contributed by atoms with Crippen molar-refractivity contribution in [3.05, 3.63) is 30.1 Å². The van der Waals surface area contributed by atoms with Gasteiger partial charge < -0.3 is 5.32 Å². The van der Waals surface area contributed by atoms with Gasteiger partial charge in [0.25, 0.3) is 0 Å². The van der Waals surface area contributed by atoms with E-state index in [-0.39, 0.29) is 12.2 Å². The molecule has 1 aromatic heterocycles. The molecule has 0 saturated heterocycles. The van der Waals surface area contributed by atoms with Crippen LogP contribution in [0.5, 0.6) is 0 Å². The minimum absolute atomic E-state index is 0.177. The lowest BCUT2D eigenvalue weighted by molar-refractivity contribution is -0.00734. The molecule has 0 unspecified atom stereocenters. The van der Waals surface area contributed by atoms with E-state index in [1.807, 2.05) is 6.92 Å². The van der Waals surface area contributed by atoms with Gasteiger partial charge in [0.2, 0.25) is 0 Å². The third kappa shape index (κ3) is 3.03. The van der Waals surface area contributed by atoms with E-state index in [2.05, 4.69) is 10.3 Å². The summed E-state index contributed by atoms with van der Waals surface area (Å²) in [6, 6.07) is 4.53. The maximum atomic E-state index is 13.4. The second kappa shape index (κ2) is 5.00. The summed E-state index contributed by atoms with van der Waals surface area (Å²) in [5.74, 6) is -2.88. The van der Waals surface area contributed by atoms with Crippen LogP contribution in [-0.2, 0) is 5.92 Å². The monoisotopic (exact) mass is 200 g/mol. The number of aromatic nitrogens is 1. The second-order valence-electron chi connectivity index (χ2n) is 3.10. The highest BCUT2D eigenvalue weighted by Gasteiger charge is 2.31. The molecule has 2 nitrogen and oxygen atoms in total. The van der Waals surface area contributed by atoms with Crippen LogP contribution in [0, 0.1) is 0 Å². The average molecular weight is 200 g/mol.